The maximum Gasteiger partial charge on any atom is 0.336 e. The second-order valence-corrected chi connectivity index (χ2v) is 6.39. The normalized spacial score (nSPS) is 24.7. The number of carboxylic acids is 1. The smallest absolute Gasteiger partial charge is 0.336 e. The molecule has 1 atom stereocenters. The van der Waals surface area contributed by atoms with Gasteiger partial charge in [-0.15, -0.1) is 0 Å². The number of nitrogens with zero attached hydrogens (tertiary/aromatic N) is 2. The van der Waals surface area contributed by atoms with E-state index in [1.807, 2.05) is 12.1 Å². The van der Waals surface area contributed by atoms with Crippen molar-refractivity contribution in [3.63, 3.8) is 0 Å². The highest BCUT2D eigenvalue weighted by molar-refractivity contribution is 5.89. The quantitative estimate of drug-likeness (QED) is 0.924. The molecule has 1 N–H and O–H groups in total. The third-order valence-corrected chi connectivity index (χ3v) is 4.90. The Hall–Kier alpha value is -1.39. The van der Waals surface area contributed by atoms with Crippen LogP contribution in [0.4, 0.5) is 0 Å². The van der Waals surface area contributed by atoms with Crippen LogP contribution in [-0.2, 0) is 6.54 Å². The number of aromatic carboxylic acids is 1. The Morgan fingerprint density at radius 1 is 1.29 bits per heavy atom. The van der Waals surface area contributed by atoms with Crippen molar-refractivity contribution in [2.75, 3.05) is 19.6 Å². The Morgan fingerprint density at radius 3 is 2.76 bits per heavy atom. The lowest BCUT2D eigenvalue weighted by Gasteiger charge is -2.49. The predicted molar refractivity (Wildman–Crippen MR) is 82.5 cm³/mol. The van der Waals surface area contributed by atoms with Gasteiger partial charge in [-0.2, -0.15) is 0 Å². The predicted octanol–water partition coefficient (Wildman–Crippen LogP) is 2.44. The van der Waals surface area contributed by atoms with Gasteiger partial charge in [-0.05, 0) is 37.9 Å². The molecule has 2 aliphatic heterocycles. The SMILES string of the molecule is CC1CCCCN1C1CN(Cc2ccccc2C(=O)O)C1. The van der Waals surface area contributed by atoms with E-state index in [9.17, 15) is 9.90 Å². The van der Waals surface area contributed by atoms with Crippen molar-refractivity contribution in [2.45, 2.75) is 44.8 Å². The first kappa shape index (κ1) is 14.5. The van der Waals surface area contributed by atoms with Crippen LogP contribution < -0.4 is 0 Å². The molecule has 0 saturated carbocycles. The van der Waals surface area contributed by atoms with E-state index in [2.05, 4.69) is 16.7 Å². The van der Waals surface area contributed by atoms with Gasteiger partial charge >= 0.3 is 5.97 Å². The molecule has 1 unspecified atom stereocenters. The highest BCUT2D eigenvalue weighted by Gasteiger charge is 2.35. The molecule has 2 fully saturated rings. The fourth-order valence-corrected chi connectivity index (χ4v) is 3.65. The number of hydrogen-bond donors (Lipinski definition) is 1. The average molecular weight is 288 g/mol. The second kappa shape index (κ2) is 6.16. The summed E-state index contributed by atoms with van der Waals surface area (Å²) in [5.74, 6) is -0.827. The Balaban J connectivity index is 1.56. The lowest BCUT2D eigenvalue weighted by Crippen LogP contribution is -2.61. The monoisotopic (exact) mass is 288 g/mol. The van der Waals surface area contributed by atoms with Crippen LogP contribution in [0.2, 0.25) is 0 Å². The van der Waals surface area contributed by atoms with Crippen molar-refractivity contribution < 1.29 is 9.90 Å². The van der Waals surface area contributed by atoms with Gasteiger partial charge in [0.05, 0.1) is 5.56 Å². The lowest BCUT2D eigenvalue weighted by molar-refractivity contribution is -0.00634. The number of likely N-dealkylation sites (tertiary alicyclic amines) is 2. The molecule has 3 rings (SSSR count). The van der Waals surface area contributed by atoms with Gasteiger partial charge in [0.1, 0.15) is 0 Å². The zero-order valence-electron chi connectivity index (χ0n) is 12.7. The van der Waals surface area contributed by atoms with Crippen molar-refractivity contribution >= 4 is 5.97 Å². The van der Waals surface area contributed by atoms with Crippen molar-refractivity contribution in [1.82, 2.24) is 9.80 Å². The molecule has 0 aliphatic carbocycles. The number of benzene rings is 1. The maximum atomic E-state index is 11.2. The van der Waals surface area contributed by atoms with Crippen LogP contribution in [0, 0.1) is 0 Å². The molecule has 21 heavy (non-hydrogen) atoms. The molecule has 114 valence electrons. The first-order valence-corrected chi connectivity index (χ1v) is 7.94. The van der Waals surface area contributed by atoms with E-state index in [0.29, 0.717) is 17.6 Å². The minimum absolute atomic E-state index is 0.437. The Labute approximate surface area is 126 Å². The molecule has 2 saturated heterocycles. The van der Waals surface area contributed by atoms with E-state index < -0.39 is 5.97 Å². The highest BCUT2D eigenvalue weighted by atomic mass is 16.4. The van der Waals surface area contributed by atoms with E-state index in [4.69, 9.17) is 0 Å². The third kappa shape index (κ3) is 3.11. The van der Waals surface area contributed by atoms with Crippen LogP contribution in [-0.4, -0.2) is 52.6 Å². The molecule has 2 heterocycles. The summed E-state index contributed by atoms with van der Waals surface area (Å²) in [4.78, 5) is 16.2. The van der Waals surface area contributed by atoms with Crippen LogP contribution in [0.1, 0.15) is 42.1 Å². The van der Waals surface area contributed by atoms with Gasteiger partial charge < -0.3 is 5.11 Å². The topological polar surface area (TPSA) is 43.8 Å². The van der Waals surface area contributed by atoms with Gasteiger partial charge in [0.25, 0.3) is 0 Å². The van der Waals surface area contributed by atoms with E-state index in [0.717, 1.165) is 25.2 Å². The van der Waals surface area contributed by atoms with Gasteiger partial charge in [-0.1, -0.05) is 24.6 Å². The first-order chi connectivity index (χ1) is 10.1. The summed E-state index contributed by atoms with van der Waals surface area (Å²) in [5.41, 5.74) is 1.36. The largest absolute Gasteiger partial charge is 0.478 e. The number of carbonyl (C=O) groups is 1. The van der Waals surface area contributed by atoms with Gasteiger partial charge in [0.15, 0.2) is 0 Å². The minimum Gasteiger partial charge on any atom is -0.478 e. The van der Waals surface area contributed by atoms with Crippen molar-refractivity contribution in [2.24, 2.45) is 0 Å². The fraction of sp³-hybridized carbons (Fsp3) is 0.588. The molecule has 1 aromatic carbocycles. The summed E-state index contributed by atoms with van der Waals surface area (Å²) in [5, 5.41) is 9.23. The molecule has 4 nitrogen and oxygen atoms in total. The molecular formula is C17H24N2O2. The number of carboxylic acid groups (broad SMARTS) is 1. The van der Waals surface area contributed by atoms with Crippen LogP contribution in [0.25, 0.3) is 0 Å². The minimum atomic E-state index is -0.827. The fourth-order valence-electron chi connectivity index (χ4n) is 3.65. The van der Waals surface area contributed by atoms with E-state index in [1.165, 1.54) is 25.8 Å². The van der Waals surface area contributed by atoms with Crippen LogP contribution in [0.15, 0.2) is 24.3 Å². The zero-order chi connectivity index (χ0) is 14.8. The van der Waals surface area contributed by atoms with Crippen molar-refractivity contribution in [3.8, 4) is 0 Å². The van der Waals surface area contributed by atoms with Gasteiger partial charge in [-0.25, -0.2) is 4.79 Å². The highest BCUT2D eigenvalue weighted by Crippen LogP contribution is 2.26. The van der Waals surface area contributed by atoms with E-state index >= 15 is 0 Å². The molecule has 0 radical (unpaired) electrons. The summed E-state index contributed by atoms with van der Waals surface area (Å²) in [6.45, 7) is 6.45. The molecule has 2 aliphatic rings. The summed E-state index contributed by atoms with van der Waals surface area (Å²) in [6, 6.07) is 8.71. The number of piperidine rings is 1. The molecule has 0 bridgehead atoms. The number of hydrogen-bond acceptors (Lipinski definition) is 3. The van der Waals surface area contributed by atoms with Crippen LogP contribution >= 0.6 is 0 Å². The van der Waals surface area contributed by atoms with Gasteiger partial charge in [0, 0.05) is 31.7 Å². The zero-order valence-corrected chi connectivity index (χ0v) is 12.7. The molecule has 4 heteroatoms. The molecule has 0 aromatic heterocycles. The Bertz CT molecular complexity index is 511. The van der Waals surface area contributed by atoms with Gasteiger partial charge in [0.2, 0.25) is 0 Å². The maximum absolute atomic E-state index is 11.2. The van der Waals surface area contributed by atoms with E-state index in [1.54, 1.807) is 12.1 Å². The molecular weight excluding hydrogens is 264 g/mol. The molecule has 1 aromatic rings. The van der Waals surface area contributed by atoms with Crippen LogP contribution in [0.5, 0.6) is 0 Å². The first-order valence-electron chi connectivity index (χ1n) is 7.94. The molecule has 0 amide bonds. The molecule has 0 spiro atoms. The third-order valence-electron chi connectivity index (χ3n) is 4.90. The van der Waals surface area contributed by atoms with Crippen molar-refractivity contribution in [1.29, 1.82) is 0 Å². The standard InChI is InChI=1S/C17H24N2O2/c1-13-6-4-5-9-19(13)15-11-18(12-15)10-14-7-2-3-8-16(14)17(20)21/h2-3,7-8,13,15H,4-6,9-12H2,1H3,(H,20,21). The summed E-state index contributed by atoms with van der Waals surface area (Å²) in [6.07, 6.45) is 4.00. The Kier molecular flexibility index (Phi) is 4.27. The summed E-state index contributed by atoms with van der Waals surface area (Å²) < 4.78 is 0. The summed E-state index contributed by atoms with van der Waals surface area (Å²) >= 11 is 0. The Morgan fingerprint density at radius 2 is 2.05 bits per heavy atom. The van der Waals surface area contributed by atoms with E-state index in [-0.39, 0.29) is 0 Å². The average Bonchev–Trinajstić information content (AvgIpc) is 2.44. The van der Waals surface area contributed by atoms with Gasteiger partial charge in [-0.3, -0.25) is 9.80 Å². The number of rotatable bonds is 4. The lowest BCUT2D eigenvalue weighted by atomic mass is 9.96. The van der Waals surface area contributed by atoms with Crippen molar-refractivity contribution in [3.05, 3.63) is 35.4 Å². The van der Waals surface area contributed by atoms with Crippen LogP contribution in [0.3, 0.4) is 0 Å². The summed E-state index contributed by atoms with van der Waals surface area (Å²) in [7, 11) is 0. The second-order valence-electron chi connectivity index (χ2n) is 6.39.